The van der Waals surface area contributed by atoms with E-state index in [1.165, 1.54) is 30.1 Å². The summed E-state index contributed by atoms with van der Waals surface area (Å²) < 4.78 is 60.5. The number of halogens is 4. The van der Waals surface area contributed by atoms with E-state index >= 15 is 0 Å². The lowest BCUT2D eigenvalue weighted by Crippen LogP contribution is -2.37. The van der Waals surface area contributed by atoms with Crippen molar-refractivity contribution in [3.8, 4) is 0 Å². The van der Waals surface area contributed by atoms with Gasteiger partial charge in [-0.05, 0) is 42.6 Å². The zero-order valence-corrected chi connectivity index (χ0v) is 18.0. The molecule has 0 bridgehead atoms. The Kier molecular flexibility index (Phi) is 5.16. The van der Waals surface area contributed by atoms with E-state index in [0.717, 1.165) is 12.1 Å². The van der Waals surface area contributed by atoms with Gasteiger partial charge in [-0.1, -0.05) is 0 Å². The number of carbonyl (C=O) groups excluding carboxylic acids is 1. The number of alkyl halides is 2. The van der Waals surface area contributed by atoms with Gasteiger partial charge in [0.1, 0.15) is 0 Å². The summed E-state index contributed by atoms with van der Waals surface area (Å²) in [5, 5.41) is 4.39. The van der Waals surface area contributed by atoms with Crippen molar-refractivity contribution in [2.75, 3.05) is 13.7 Å². The number of amides is 1. The number of benzene rings is 2. The zero-order chi connectivity index (χ0) is 24.3. The quantitative estimate of drug-likeness (QED) is 0.452. The number of fused-ring (bicyclic) bond motifs is 4. The van der Waals surface area contributed by atoms with Gasteiger partial charge in [0.15, 0.2) is 11.6 Å². The van der Waals surface area contributed by atoms with Crippen LogP contribution in [-0.2, 0) is 11.3 Å². The molecule has 1 atom stereocenters. The molecule has 2 aromatic heterocycles. The van der Waals surface area contributed by atoms with E-state index in [0.29, 0.717) is 27.0 Å². The maximum atomic E-state index is 14.1. The van der Waals surface area contributed by atoms with Crippen LogP contribution in [-0.4, -0.2) is 39.2 Å². The molecule has 1 N–H and O–H groups in total. The van der Waals surface area contributed by atoms with E-state index in [1.54, 1.807) is 6.92 Å². The van der Waals surface area contributed by atoms with Gasteiger partial charge in [-0.2, -0.15) is 13.9 Å². The second-order valence-electron chi connectivity index (χ2n) is 8.14. The number of ether oxygens (including phenoxy) is 1. The van der Waals surface area contributed by atoms with E-state index in [2.05, 4.69) is 10.1 Å². The van der Waals surface area contributed by atoms with E-state index in [1.807, 2.05) is 0 Å². The minimum atomic E-state index is -2.82. The fourth-order valence-electron chi connectivity index (χ4n) is 4.47. The Morgan fingerprint density at radius 1 is 1.18 bits per heavy atom. The number of aryl methyl sites for hydroxylation is 1. The van der Waals surface area contributed by atoms with Crippen LogP contribution in [0.1, 0.15) is 39.9 Å². The Hall–Kier alpha value is -3.73. The SMILES string of the molecule is Cc1nn(C(F)F)c2ccc(C(=O)N(C)[C@H]3COCc4[nH]c(=O)c5cc(F)c(F)cc5c43)cc12. The second-order valence-corrected chi connectivity index (χ2v) is 8.14. The lowest BCUT2D eigenvalue weighted by atomic mass is 9.95. The number of rotatable bonds is 3. The highest BCUT2D eigenvalue weighted by Gasteiger charge is 2.32. The summed E-state index contributed by atoms with van der Waals surface area (Å²) in [4.78, 5) is 29.8. The Morgan fingerprint density at radius 2 is 1.88 bits per heavy atom. The molecule has 11 heteroatoms. The van der Waals surface area contributed by atoms with Crippen LogP contribution in [0, 0.1) is 18.6 Å². The third-order valence-electron chi connectivity index (χ3n) is 6.15. The van der Waals surface area contributed by atoms with Gasteiger partial charge in [0.2, 0.25) is 0 Å². The van der Waals surface area contributed by atoms with Gasteiger partial charge >= 0.3 is 6.55 Å². The number of hydrogen-bond donors (Lipinski definition) is 1. The molecule has 7 nitrogen and oxygen atoms in total. The average molecular weight is 474 g/mol. The zero-order valence-electron chi connectivity index (χ0n) is 18.0. The number of H-pyrrole nitrogens is 1. The first-order valence-corrected chi connectivity index (χ1v) is 10.3. The summed E-state index contributed by atoms with van der Waals surface area (Å²) in [7, 11) is 1.52. The number of pyridine rings is 1. The molecule has 0 saturated heterocycles. The molecule has 176 valence electrons. The topological polar surface area (TPSA) is 80.2 Å². The van der Waals surface area contributed by atoms with Crippen molar-refractivity contribution < 1.29 is 27.1 Å². The van der Waals surface area contributed by atoms with Crippen molar-refractivity contribution >= 4 is 27.6 Å². The van der Waals surface area contributed by atoms with Gasteiger partial charge in [-0.25, -0.2) is 13.5 Å². The number of carbonyl (C=O) groups is 1. The summed E-state index contributed by atoms with van der Waals surface area (Å²) >= 11 is 0. The molecule has 0 spiro atoms. The molecule has 0 fully saturated rings. The fraction of sp³-hybridized carbons (Fsp3) is 0.261. The Labute approximate surface area is 189 Å². The minimum absolute atomic E-state index is 0.0377. The van der Waals surface area contributed by atoms with Crippen molar-refractivity contribution in [2.24, 2.45) is 0 Å². The number of nitrogens with one attached hydrogen (secondary N) is 1. The van der Waals surface area contributed by atoms with Crippen LogP contribution in [0.25, 0.3) is 21.7 Å². The molecule has 0 saturated carbocycles. The molecule has 0 radical (unpaired) electrons. The smallest absolute Gasteiger partial charge is 0.333 e. The molecule has 1 aliphatic rings. The first-order chi connectivity index (χ1) is 16.2. The minimum Gasteiger partial charge on any atom is -0.373 e. The standard InChI is InChI=1S/C23H18F4N4O3/c1-10-12-5-11(3-4-18(12)31(29-10)23(26)27)22(33)30(2)19-9-34-8-17-20(19)13-6-15(24)16(25)7-14(13)21(32)28-17/h3-7,19,23H,8-9H2,1-2H3,(H,28,32)/t19-/m0/s1. The third kappa shape index (κ3) is 3.35. The molecule has 4 aromatic rings. The summed E-state index contributed by atoms with van der Waals surface area (Å²) in [6, 6.07) is 5.37. The molecule has 34 heavy (non-hydrogen) atoms. The third-order valence-corrected chi connectivity index (χ3v) is 6.15. The summed E-state index contributed by atoms with van der Waals surface area (Å²) in [6.45, 7) is -1.16. The predicted octanol–water partition coefficient (Wildman–Crippen LogP) is 4.20. The lowest BCUT2D eigenvalue weighted by molar-refractivity contribution is 0.0336. The van der Waals surface area contributed by atoms with Gasteiger partial charge in [0, 0.05) is 29.3 Å². The molecule has 2 aromatic carbocycles. The normalized spacial score (nSPS) is 15.8. The summed E-state index contributed by atoms with van der Waals surface area (Å²) in [6.07, 6.45) is 0. The van der Waals surface area contributed by atoms with Crippen molar-refractivity contribution in [2.45, 2.75) is 26.1 Å². The van der Waals surface area contributed by atoms with Crippen molar-refractivity contribution in [3.05, 3.63) is 74.8 Å². The number of aromatic amines is 1. The molecule has 0 aliphatic carbocycles. The largest absolute Gasteiger partial charge is 0.373 e. The van der Waals surface area contributed by atoms with Crippen LogP contribution in [0.5, 0.6) is 0 Å². The fourth-order valence-corrected chi connectivity index (χ4v) is 4.47. The van der Waals surface area contributed by atoms with E-state index in [4.69, 9.17) is 4.74 Å². The molecule has 5 rings (SSSR count). The Balaban J connectivity index is 1.59. The first kappa shape index (κ1) is 22.1. The molecule has 0 unspecified atom stereocenters. The van der Waals surface area contributed by atoms with E-state index in [-0.39, 0.29) is 35.1 Å². The summed E-state index contributed by atoms with van der Waals surface area (Å²) in [5.74, 6) is -2.72. The maximum Gasteiger partial charge on any atom is 0.333 e. The van der Waals surface area contributed by atoms with E-state index < -0.39 is 35.7 Å². The van der Waals surface area contributed by atoms with Gasteiger partial charge in [-0.3, -0.25) is 9.59 Å². The average Bonchev–Trinajstić information content (AvgIpc) is 3.15. The predicted molar refractivity (Wildman–Crippen MR) is 115 cm³/mol. The Morgan fingerprint density at radius 3 is 2.59 bits per heavy atom. The van der Waals surface area contributed by atoms with Gasteiger partial charge in [-0.15, -0.1) is 0 Å². The second kappa shape index (κ2) is 7.94. The highest BCUT2D eigenvalue weighted by molar-refractivity contribution is 5.99. The summed E-state index contributed by atoms with van der Waals surface area (Å²) in [5.41, 5.74) is 0.995. The molecular formula is C23H18F4N4O3. The van der Waals surface area contributed by atoms with Crippen molar-refractivity contribution in [1.82, 2.24) is 19.7 Å². The van der Waals surface area contributed by atoms with Gasteiger partial charge < -0.3 is 14.6 Å². The number of aromatic nitrogens is 3. The molecule has 3 heterocycles. The number of hydrogen-bond acceptors (Lipinski definition) is 4. The van der Waals surface area contributed by atoms with Crippen LogP contribution in [0.3, 0.4) is 0 Å². The van der Waals surface area contributed by atoms with Gasteiger partial charge in [0.25, 0.3) is 11.5 Å². The van der Waals surface area contributed by atoms with Crippen LogP contribution in [0.15, 0.2) is 35.1 Å². The number of nitrogens with zero attached hydrogens (tertiary/aromatic N) is 3. The molecule has 1 aliphatic heterocycles. The van der Waals surface area contributed by atoms with Crippen LogP contribution < -0.4 is 5.56 Å². The highest BCUT2D eigenvalue weighted by atomic mass is 19.3. The Bertz CT molecular complexity index is 1530. The maximum absolute atomic E-state index is 14.1. The number of likely N-dealkylation sites (N-methyl/N-ethyl adjacent to an activating group) is 1. The monoisotopic (exact) mass is 474 g/mol. The highest BCUT2D eigenvalue weighted by Crippen LogP contribution is 2.34. The van der Waals surface area contributed by atoms with Crippen LogP contribution >= 0.6 is 0 Å². The van der Waals surface area contributed by atoms with Gasteiger partial charge in [0.05, 0.1) is 35.9 Å². The first-order valence-electron chi connectivity index (χ1n) is 10.3. The van der Waals surface area contributed by atoms with Crippen LogP contribution in [0.4, 0.5) is 17.6 Å². The van der Waals surface area contributed by atoms with E-state index in [9.17, 15) is 27.2 Å². The van der Waals surface area contributed by atoms with Crippen molar-refractivity contribution in [1.29, 1.82) is 0 Å². The van der Waals surface area contributed by atoms with Crippen LogP contribution in [0.2, 0.25) is 0 Å². The molecular weight excluding hydrogens is 456 g/mol. The lowest BCUT2D eigenvalue weighted by Gasteiger charge is -2.34. The van der Waals surface area contributed by atoms with Crippen molar-refractivity contribution in [3.63, 3.8) is 0 Å². The molecule has 1 amide bonds.